The number of rotatable bonds is 2. The predicted molar refractivity (Wildman–Crippen MR) is 70.2 cm³/mol. The van der Waals surface area contributed by atoms with Crippen LogP contribution >= 0.6 is 0 Å². The number of anilines is 1. The normalized spacial score (nSPS) is 21.2. The number of piperazine rings is 1. The summed E-state index contributed by atoms with van der Waals surface area (Å²) in [6.07, 6.45) is 1.13. The first-order chi connectivity index (χ1) is 7.72. The van der Waals surface area contributed by atoms with Gasteiger partial charge in [0.2, 0.25) is 0 Å². The maximum atomic E-state index is 3.43. The Morgan fingerprint density at radius 2 is 2.25 bits per heavy atom. The van der Waals surface area contributed by atoms with Crippen LogP contribution in [0.5, 0.6) is 0 Å². The van der Waals surface area contributed by atoms with E-state index in [1.165, 1.54) is 16.8 Å². The molecule has 0 spiro atoms. The average molecular weight is 218 g/mol. The third kappa shape index (κ3) is 2.22. The minimum absolute atomic E-state index is 0.598. The van der Waals surface area contributed by atoms with Crippen molar-refractivity contribution in [2.24, 2.45) is 0 Å². The van der Waals surface area contributed by atoms with Gasteiger partial charge in [-0.3, -0.25) is 0 Å². The van der Waals surface area contributed by atoms with E-state index in [-0.39, 0.29) is 0 Å². The molecule has 0 amide bonds. The van der Waals surface area contributed by atoms with E-state index in [0.29, 0.717) is 6.04 Å². The van der Waals surface area contributed by atoms with Crippen molar-refractivity contribution in [1.29, 1.82) is 0 Å². The maximum Gasteiger partial charge on any atom is 0.0386 e. The van der Waals surface area contributed by atoms with Crippen LogP contribution in [0.4, 0.5) is 5.69 Å². The largest absolute Gasteiger partial charge is 0.366 e. The lowest BCUT2D eigenvalue weighted by Crippen LogP contribution is -2.49. The molecular formula is C14H22N2. The van der Waals surface area contributed by atoms with E-state index >= 15 is 0 Å². The van der Waals surface area contributed by atoms with Gasteiger partial charge in [0.1, 0.15) is 0 Å². The molecule has 2 heteroatoms. The molecule has 1 N–H and O–H groups in total. The van der Waals surface area contributed by atoms with Crippen molar-refractivity contribution in [2.75, 3.05) is 24.5 Å². The van der Waals surface area contributed by atoms with Gasteiger partial charge in [-0.05, 0) is 43.5 Å². The van der Waals surface area contributed by atoms with Crippen LogP contribution in [0.15, 0.2) is 18.2 Å². The Kier molecular flexibility index (Phi) is 3.49. The van der Waals surface area contributed by atoms with Crippen molar-refractivity contribution < 1.29 is 0 Å². The van der Waals surface area contributed by atoms with Crippen molar-refractivity contribution >= 4 is 5.69 Å². The second-order valence-electron chi connectivity index (χ2n) is 4.71. The minimum atomic E-state index is 0.598. The zero-order valence-electron chi connectivity index (χ0n) is 10.6. The molecular weight excluding hydrogens is 196 g/mol. The fourth-order valence-corrected chi connectivity index (χ4v) is 2.44. The standard InChI is InChI=1S/C14H22N2/c1-4-13-9-14(6-5-11(13)2)16-8-7-15-10-12(16)3/h5-6,9,12,15H,4,7-8,10H2,1-3H3. The maximum absolute atomic E-state index is 3.43. The summed E-state index contributed by atoms with van der Waals surface area (Å²) in [4.78, 5) is 2.51. The van der Waals surface area contributed by atoms with Gasteiger partial charge in [0.25, 0.3) is 0 Å². The SMILES string of the molecule is CCc1cc(N2CCNCC2C)ccc1C. The quantitative estimate of drug-likeness (QED) is 0.820. The molecule has 1 aliphatic rings. The Morgan fingerprint density at radius 1 is 1.44 bits per heavy atom. The summed E-state index contributed by atoms with van der Waals surface area (Å²) < 4.78 is 0. The molecule has 1 atom stereocenters. The summed E-state index contributed by atoms with van der Waals surface area (Å²) in [5.41, 5.74) is 4.27. The number of aryl methyl sites for hydroxylation is 2. The number of nitrogens with zero attached hydrogens (tertiary/aromatic N) is 1. The first-order valence-electron chi connectivity index (χ1n) is 6.29. The van der Waals surface area contributed by atoms with Crippen molar-refractivity contribution in [1.82, 2.24) is 5.32 Å². The van der Waals surface area contributed by atoms with Crippen molar-refractivity contribution in [3.63, 3.8) is 0 Å². The van der Waals surface area contributed by atoms with Crippen LogP contribution in [-0.2, 0) is 6.42 Å². The first kappa shape index (κ1) is 11.5. The van der Waals surface area contributed by atoms with E-state index in [2.05, 4.69) is 49.2 Å². The highest BCUT2D eigenvalue weighted by molar-refractivity contribution is 5.52. The second-order valence-corrected chi connectivity index (χ2v) is 4.71. The average Bonchev–Trinajstić information content (AvgIpc) is 2.31. The van der Waals surface area contributed by atoms with Gasteiger partial charge in [0.15, 0.2) is 0 Å². The van der Waals surface area contributed by atoms with Crippen LogP contribution in [0.1, 0.15) is 25.0 Å². The van der Waals surface area contributed by atoms with Gasteiger partial charge in [-0.2, -0.15) is 0 Å². The van der Waals surface area contributed by atoms with Gasteiger partial charge in [0.05, 0.1) is 0 Å². The molecule has 0 bridgehead atoms. The molecule has 1 aliphatic heterocycles. The Bertz CT molecular complexity index is 360. The Hall–Kier alpha value is -1.02. The summed E-state index contributed by atoms with van der Waals surface area (Å²) in [5.74, 6) is 0. The molecule has 1 heterocycles. The Balaban J connectivity index is 2.25. The third-order valence-corrected chi connectivity index (χ3v) is 3.55. The van der Waals surface area contributed by atoms with Crippen molar-refractivity contribution in [3.8, 4) is 0 Å². The summed E-state index contributed by atoms with van der Waals surface area (Å²) in [5, 5.41) is 3.43. The summed E-state index contributed by atoms with van der Waals surface area (Å²) in [6.45, 7) is 10.0. The number of nitrogens with one attached hydrogen (secondary N) is 1. The lowest BCUT2D eigenvalue weighted by atomic mass is 10.0. The second kappa shape index (κ2) is 4.88. The van der Waals surface area contributed by atoms with E-state index < -0.39 is 0 Å². The zero-order chi connectivity index (χ0) is 11.5. The number of hydrogen-bond donors (Lipinski definition) is 1. The lowest BCUT2D eigenvalue weighted by molar-refractivity contribution is 0.501. The molecule has 0 aromatic heterocycles. The first-order valence-corrected chi connectivity index (χ1v) is 6.29. The zero-order valence-corrected chi connectivity index (χ0v) is 10.6. The summed E-state index contributed by atoms with van der Waals surface area (Å²) in [7, 11) is 0. The van der Waals surface area contributed by atoms with Gasteiger partial charge in [-0.15, -0.1) is 0 Å². The summed E-state index contributed by atoms with van der Waals surface area (Å²) >= 11 is 0. The molecule has 0 saturated carbocycles. The third-order valence-electron chi connectivity index (χ3n) is 3.55. The van der Waals surface area contributed by atoms with Gasteiger partial charge < -0.3 is 10.2 Å². The van der Waals surface area contributed by atoms with Crippen molar-refractivity contribution in [3.05, 3.63) is 29.3 Å². The molecule has 0 radical (unpaired) electrons. The highest BCUT2D eigenvalue weighted by Crippen LogP contribution is 2.22. The monoisotopic (exact) mass is 218 g/mol. The highest BCUT2D eigenvalue weighted by Gasteiger charge is 2.18. The van der Waals surface area contributed by atoms with Gasteiger partial charge in [-0.1, -0.05) is 13.0 Å². The van der Waals surface area contributed by atoms with Crippen LogP contribution in [0.2, 0.25) is 0 Å². The van der Waals surface area contributed by atoms with Crippen LogP contribution in [0.3, 0.4) is 0 Å². The fourth-order valence-electron chi connectivity index (χ4n) is 2.44. The van der Waals surface area contributed by atoms with Crippen LogP contribution < -0.4 is 10.2 Å². The fraction of sp³-hybridized carbons (Fsp3) is 0.571. The van der Waals surface area contributed by atoms with Gasteiger partial charge in [0, 0.05) is 31.4 Å². The van der Waals surface area contributed by atoms with Crippen molar-refractivity contribution in [2.45, 2.75) is 33.2 Å². The van der Waals surface area contributed by atoms with Crippen LogP contribution in [0.25, 0.3) is 0 Å². The summed E-state index contributed by atoms with van der Waals surface area (Å²) in [6, 6.07) is 7.47. The number of benzene rings is 1. The molecule has 1 fully saturated rings. The van der Waals surface area contributed by atoms with E-state index in [4.69, 9.17) is 0 Å². The predicted octanol–water partition coefficient (Wildman–Crippen LogP) is 2.36. The molecule has 2 rings (SSSR count). The van der Waals surface area contributed by atoms with Crippen LogP contribution in [-0.4, -0.2) is 25.7 Å². The highest BCUT2D eigenvalue weighted by atomic mass is 15.2. The molecule has 88 valence electrons. The Morgan fingerprint density at radius 3 is 2.94 bits per heavy atom. The molecule has 1 saturated heterocycles. The molecule has 1 aromatic rings. The smallest absolute Gasteiger partial charge is 0.0386 e. The lowest BCUT2D eigenvalue weighted by Gasteiger charge is -2.36. The molecule has 16 heavy (non-hydrogen) atoms. The number of hydrogen-bond acceptors (Lipinski definition) is 2. The van der Waals surface area contributed by atoms with E-state index in [1.807, 2.05) is 0 Å². The molecule has 0 aliphatic carbocycles. The van der Waals surface area contributed by atoms with E-state index in [1.54, 1.807) is 0 Å². The van der Waals surface area contributed by atoms with E-state index in [0.717, 1.165) is 26.1 Å². The minimum Gasteiger partial charge on any atom is -0.366 e. The molecule has 2 nitrogen and oxygen atoms in total. The van der Waals surface area contributed by atoms with Gasteiger partial charge >= 0.3 is 0 Å². The van der Waals surface area contributed by atoms with E-state index in [9.17, 15) is 0 Å². The Labute approximate surface area is 98.7 Å². The van der Waals surface area contributed by atoms with Crippen LogP contribution in [0, 0.1) is 6.92 Å². The van der Waals surface area contributed by atoms with Gasteiger partial charge in [-0.25, -0.2) is 0 Å². The topological polar surface area (TPSA) is 15.3 Å². The molecule has 1 unspecified atom stereocenters. The molecule has 1 aromatic carbocycles.